The Bertz CT molecular complexity index is 705. The van der Waals surface area contributed by atoms with Crippen molar-refractivity contribution in [2.75, 3.05) is 18.1 Å². The third kappa shape index (κ3) is 3.86. The fourth-order valence-electron chi connectivity index (χ4n) is 2.00. The molecule has 124 valence electrons. The minimum atomic E-state index is -0.666. The van der Waals surface area contributed by atoms with Crippen molar-refractivity contribution < 1.29 is 14.3 Å². The summed E-state index contributed by atoms with van der Waals surface area (Å²) in [5, 5.41) is 0.820. The van der Waals surface area contributed by atoms with E-state index in [0.717, 1.165) is 4.88 Å². The summed E-state index contributed by atoms with van der Waals surface area (Å²) in [6.45, 7) is 6.49. The van der Waals surface area contributed by atoms with E-state index in [-0.39, 0.29) is 0 Å². The molecule has 0 spiro atoms. The number of benzene rings is 1. The number of thiazole rings is 1. The number of urea groups is 1. The van der Waals surface area contributed by atoms with Crippen LogP contribution in [0.25, 0.3) is 0 Å². The lowest BCUT2D eigenvalue weighted by Gasteiger charge is -2.22. The molecule has 23 heavy (non-hydrogen) atoms. The Labute approximate surface area is 143 Å². The first-order chi connectivity index (χ1) is 11.0. The first-order valence-corrected chi connectivity index (χ1v) is 8.28. The van der Waals surface area contributed by atoms with E-state index in [0.29, 0.717) is 40.6 Å². The van der Waals surface area contributed by atoms with E-state index >= 15 is 0 Å². The summed E-state index contributed by atoms with van der Waals surface area (Å²) in [5.74, 6) is 0.938. The van der Waals surface area contributed by atoms with Crippen molar-refractivity contribution >= 4 is 39.8 Å². The van der Waals surface area contributed by atoms with Gasteiger partial charge >= 0.3 is 6.03 Å². The van der Waals surface area contributed by atoms with Gasteiger partial charge in [0.05, 0.1) is 23.9 Å². The van der Waals surface area contributed by atoms with Gasteiger partial charge in [-0.2, -0.15) is 0 Å². The van der Waals surface area contributed by atoms with Gasteiger partial charge in [0.15, 0.2) is 5.13 Å². The van der Waals surface area contributed by atoms with Crippen LogP contribution in [0.5, 0.6) is 11.5 Å². The molecule has 6 nitrogen and oxygen atoms in total. The van der Waals surface area contributed by atoms with E-state index in [9.17, 15) is 4.79 Å². The molecule has 0 saturated carbocycles. The first kappa shape index (κ1) is 17.4. The first-order valence-electron chi connectivity index (χ1n) is 7.09. The van der Waals surface area contributed by atoms with Crippen LogP contribution in [-0.2, 0) is 0 Å². The number of primary amides is 1. The molecule has 0 fully saturated rings. The van der Waals surface area contributed by atoms with Crippen molar-refractivity contribution in [2.45, 2.75) is 20.8 Å². The Kier molecular flexibility index (Phi) is 5.68. The maximum absolute atomic E-state index is 12.0. The number of hydrogen-bond donors (Lipinski definition) is 1. The van der Waals surface area contributed by atoms with Crippen molar-refractivity contribution in [1.82, 2.24) is 4.98 Å². The summed E-state index contributed by atoms with van der Waals surface area (Å²) in [7, 11) is 0. The standard InChI is InChI=1S/C15H18ClN3O3S/c1-4-21-12-7-13(22-5-2)11(6-10(12)16)19(14(17)20)15-18-8-9(3)23-15/h6-8H,4-5H2,1-3H3,(H2,17,20). The van der Waals surface area contributed by atoms with Crippen LogP contribution >= 0.6 is 22.9 Å². The summed E-state index contributed by atoms with van der Waals surface area (Å²) in [6, 6.07) is 2.58. The summed E-state index contributed by atoms with van der Waals surface area (Å²) < 4.78 is 11.1. The Balaban J connectivity index is 2.57. The molecule has 2 N–H and O–H groups in total. The van der Waals surface area contributed by atoms with Crippen molar-refractivity contribution in [2.24, 2.45) is 5.73 Å². The Morgan fingerprint density at radius 3 is 2.48 bits per heavy atom. The summed E-state index contributed by atoms with van der Waals surface area (Å²) in [5.41, 5.74) is 5.98. The van der Waals surface area contributed by atoms with Crippen LogP contribution in [0.15, 0.2) is 18.3 Å². The average Bonchev–Trinajstić information content (AvgIpc) is 2.90. The minimum absolute atomic E-state index is 0.366. The van der Waals surface area contributed by atoms with Crippen LogP contribution in [0.1, 0.15) is 18.7 Å². The molecule has 0 aliphatic heterocycles. The number of carbonyl (C=O) groups is 1. The lowest BCUT2D eigenvalue weighted by molar-refractivity contribution is 0.255. The van der Waals surface area contributed by atoms with Crippen molar-refractivity contribution in [1.29, 1.82) is 0 Å². The zero-order chi connectivity index (χ0) is 17.0. The lowest BCUT2D eigenvalue weighted by atomic mass is 10.2. The van der Waals surface area contributed by atoms with Gasteiger partial charge in [0, 0.05) is 17.1 Å². The minimum Gasteiger partial charge on any atom is -0.492 e. The number of halogens is 1. The number of aryl methyl sites for hydroxylation is 1. The third-order valence-electron chi connectivity index (χ3n) is 2.87. The van der Waals surface area contributed by atoms with Gasteiger partial charge in [-0.05, 0) is 26.8 Å². The molecule has 0 bridgehead atoms. The highest BCUT2D eigenvalue weighted by molar-refractivity contribution is 7.15. The second kappa shape index (κ2) is 7.52. The van der Waals surface area contributed by atoms with Crippen LogP contribution in [0.3, 0.4) is 0 Å². The van der Waals surface area contributed by atoms with Crippen LogP contribution in [0, 0.1) is 6.92 Å². The highest BCUT2D eigenvalue weighted by atomic mass is 35.5. The van der Waals surface area contributed by atoms with Gasteiger partial charge in [-0.15, -0.1) is 11.3 Å². The van der Waals surface area contributed by atoms with E-state index in [2.05, 4.69) is 4.98 Å². The van der Waals surface area contributed by atoms with Gasteiger partial charge in [-0.25, -0.2) is 14.7 Å². The largest absolute Gasteiger partial charge is 0.492 e. The maximum Gasteiger partial charge on any atom is 0.325 e. The molecule has 0 aliphatic carbocycles. The summed E-state index contributed by atoms with van der Waals surface area (Å²) >= 11 is 7.60. The molecule has 0 radical (unpaired) electrons. The smallest absolute Gasteiger partial charge is 0.325 e. The van der Waals surface area contributed by atoms with E-state index in [1.165, 1.54) is 16.2 Å². The van der Waals surface area contributed by atoms with Gasteiger partial charge in [0.2, 0.25) is 0 Å². The average molecular weight is 356 g/mol. The molecule has 8 heteroatoms. The number of rotatable bonds is 6. The van der Waals surface area contributed by atoms with E-state index in [1.54, 1.807) is 18.3 Å². The summed E-state index contributed by atoms with van der Waals surface area (Å²) in [6.07, 6.45) is 1.67. The number of ether oxygens (including phenoxy) is 2. The van der Waals surface area contributed by atoms with Gasteiger partial charge in [-0.3, -0.25) is 0 Å². The molecule has 1 aromatic heterocycles. The van der Waals surface area contributed by atoms with Crippen molar-refractivity contribution in [3.8, 4) is 11.5 Å². The number of carbonyl (C=O) groups excluding carboxylic acids is 1. The lowest BCUT2D eigenvalue weighted by Crippen LogP contribution is -2.31. The monoisotopic (exact) mass is 355 g/mol. The second-order valence-corrected chi connectivity index (χ2v) is 6.16. The van der Waals surface area contributed by atoms with Crippen LogP contribution in [0.2, 0.25) is 5.02 Å². The number of amides is 2. The molecular formula is C15H18ClN3O3S. The Hall–Kier alpha value is -1.99. The Morgan fingerprint density at radius 2 is 1.96 bits per heavy atom. The number of nitrogens with two attached hydrogens (primary N) is 1. The zero-order valence-corrected chi connectivity index (χ0v) is 14.7. The molecule has 0 unspecified atom stereocenters. The quantitative estimate of drug-likeness (QED) is 0.845. The van der Waals surface area contributed by atoms with Crippen LogP contribution < -0.4 is 20.1 Å². The predicted octanol–water partition coefficient (Wildman–Crippen LogP) is 4.12. The molecule has 0 atom stereocenters. The van der Waals surface area contributed by atoms with Gasteiger partial charge in [0.1, 0.15) is 11.5 Å². The zero-order valence-electron chi connectivity index (χ0n) is 13.1. The Morgan fingerprint density at radius 1 is 1.30 bits per heavy atom. The van der Waals surface area contributed by atoms with Gasteiger partial charge in [0.25, 0.3) is 0 Å². The molecule has 0 aliphatic rings. The van der Waals surface area contributed by atoms with E-state index in [1.807, 2.05) is 20.8 Å². The number of hydrogen-bond acceptors (Lipinski definition) is 5. The molecule has 0 saturated heterocycles. The van der Waals surface area contributed by atoms with Gasteiger partial charge in [-0.1, -0.05) is 11.6 Å². The fraction of sp³-hybridized carbons (Fsp3) is 0.333. The molecule has 1 heterocycles. The number of aromatic nitrogens is 1. The molecular weight excluding hydrogens is 338 g/mol. The van der Waals surface area contributed by atoms with Gasteiger partial charge < -0.3 is 15.2 Å². The number of nitrogens with zero attached hydrogens (tertiary/aromatic N) is 2. The fourth-order valence-corrected chi connectivity index (χ4v) is 2.99. The molecule has 2 rings (SSSR count). The van der Waals surface area contributed by atoms with Crippen LogP contribution in [-0.4, -0.2) is 24.2 Å². The topological polar surface area (TPSA) is 77.7 Å². The normalized spacial score (nSPS) is 10.4. The highest BCUT2D eigenvalue weighted by Crippen LogP contribution is 2.41. The molecule has 2 amide bonds. The van der Waals surface area contributed by atoms with Crippen molar-refractivity contribution in [3.05, 3.63) is 28.2 Å². The second-order valence-electron chi connectivity index (χ2n) is 4.54. The van der Waals surface area contributed by atoms with E-state index in [4.69, 9.17) is 26.8 Å². The molecule has 2 aromatic rings. The third-order valence-corrected chi connectivity index (χ3v) is 4.07. The highest BCUT2D eigenvalue weighted by Gasteiger charge is 2.24. The van der Waals surface area contributed by atoms with Crippen LogP contribution in [0.4, 0.5) is 15.6 Å². The SMILES string of the molecule is CCOc1cc(OCC)c(N(C(N)=O)c2ncc(C)s2)cc1Cl. The summed E-state index contributed by atoms with van der Waals surface area (Å²) in [4.78, 5) is 18.4. The van der Waals surface area contributed by atoms with E-state index < -0.39 is 6.03 Å². The number of anilines is 2. The van der Waals surface area contributed by atoms with Crippen molar-refractivity contribution in [3.63, 3.8) is 0 Å². The predicted molar refractivity (Wildman–Crippen MR) is 92.4 cm³/mol. The maximum atomic E-state index is 12.0. The molecule has 1 aromatic carbocycles.